The third-order valence-electron chi connectivity index (χ3n) is 5.27. The van der Waals surface area contributed by atoms with Crippen LogP contribution in [-0.4, -0.2) is 4.16 Å². The summed E-state index contributed by atoms with van der Waals surface area (Å²) in [6.45, 7) is 11.9. The summed E-state index contributed by atoms with van der Waals surface area (Å²) in [6.07, 6.45) is 11.1. The predicted molar refractivity (Wildman–Crippen MR) is 93.9 cm³/mol. The molecule has 3 aliphatic rings. The lowest BCUT2D eigenvalue weighted by molar-refractivity contribution is 0.311. The van der Waals surface area contributed by atoms with Gasteiger partial charge in [0, 0.05) is 5.92 Å². The second-order valence-corrected chi connectivity index (χ2v) is 11.0. The first-order valence-electron chi connectivity index (χ1n) is 7.62. The molecular weight excluding hydrogens is 328 g/mol. The molecule has 2 aliphatic carbocycles. The number of rotatable bonds is 0. The molecule has 1 heterocycles. The van der Waals surface area contributed by atoms with Crippen LogP contribution in [0.2, 0.25) is 0 Å². The number of hydrogen-bond donors (Lipinski definition) is 0. The van der Waals surface area contributed by atoms with E-state index in [4.69, 9.17) is 0 Å². The van der Waals surface area contributed by atoms with Gasteiger partial charge in [-0.3, -0.25) is 0 Å². The van der Waals surface area contributed by atoms with Crippen LogP contribution in [0.15, 0.2) is 34.8 Å². The first kappa shape index (κ1) is 15.0. The molecule has 3 rings (SSSR count). The Labute approximate surface area is 136 Å². The van der Waals surface area contributed by atoms with Crippen molar-refractivity contribution in [1.82, 2.24) is 0 Å². The van der Waals surface area contributed by atoms with Gasteiger partial charge in [-0.15, -0.1) is 11.8 Å². The van der Waals surface area contributed by atoms with Crippen LogP contribution in [-0.2, 0) is 0 Å². The van der Waals surface area contributed by atoms with Gasteiger partial charge in [-0.1, -0.05) is 80.4 Å². The Morgan fingerprint density at radius 2 is 1.80 bits per heavy atom. The molecule has 0 amide bonds. The van der Waals surface area contributed by atoms with E-state index in [2.05, 4.69) is 86.6 Å². The summed E-state index contributed by atoms with van der Waals surface area (Å²) in [5.74, 6) is 1.80. The number of halogens is 1. The van der Waals surface area contributed by atoms with E-state index in [1.54, 1.807) is 10.5 Å². The Bertz CT molecular complexity index is 504. The molecule has 0 aromatic heterocycles. The van der Waals surface area contributed by atoms with E-state index in [-0.39, 0.29) is 0 Å². The summed E-state index contributed by atoms with van der Waals surface area (Å²) in [6, 6.07) is 0. The number of thioether (sulfide) groups is 1. The Morgan fingerprint density at radius 3 is 2.45 bits per heavy atom. The van der Waals surface area contributed by atoms with Crippen molar-refractivity contribution in [2.75, 3.05) is 0 Å². The van der Waals surface area contributed by atoms with E-state index in [1.807, 2.05) is 0 Å². The maximum atomic E-state index is 3.80. The van der Waals surface area contributed by atoms with E-state index >= 15 is 0 Å². The van der Waals surface area contributed by atoms with Crippen LogP contribution in [0.4, 0.5) is 0 Å². The number of hydrogen-bond acceptors (Lipinski definition) is 1. The average molecular weight is 353 g/mol. The van der Waals surface area contributed by atoms with E-state index in [0.717, 1.165) is 0 Å². The van der Waals surface area contributed by atoms with E-state index in [1.165, 1.54) is 6.42 Å². The van der Waals surface area contributed by atoms with Gasteiger partial charge in [0.1, 0.15) is 0 Å². The van der Waals surface area contributed by atoms with Gasteiger partial charge in [-0.05, 0) is 34.0 Å². The van der Waals surface area contributed by atoms with Gasteiger partial charge in [0.25, 0.3) is 0 Å². The zero-order chi connectivity index (χ0) is 14.7. The molecule has 0 aromatic carbocycles. The smallest absolute Gasteiger partial charge is 0.0681 e. The van der Waals surface area contributed by atoms with Crippen molar-refractivity contribution in [2.24, 2.45) is 28.6 Å². The number of alkyl halides is 1. The zero-order valence-corrected chi connectivity index (χ0v) is 15.5. The van der Waals surface area contributed by atoms with E-state index in [9.17, 15) is 0 Å². The summed E-state index contributed by atoms with van der Waals surface area (Å²) in [4.78, 5) is 1.65. The molecule has 2 heteroatoms. The predicted octanol–water partition coefficient (Wildman–Crippen LogP) is 6.16. The fourth-order valence-corrected chi connectivity index (χ4v) is 6.20. The molecule has 0 nitrogen and oxygen atoms in total. The quantitative estimate of drug-likeness (QED) is 0.371. The average Bonchev–Trinajstić information content (AvgIpc) is 2.67. The standard InChI is InChI=1S/C18H25BrS/c1-17(2,3)11-6-8-12-13(9-7-11)18(4,5)14-10-15(19)20-16(12)14/h6-9,11-13,15H,10H2,1-5H3. The molecule has 4 unspecified atom stereocenters. The molecule has 0 fully saturated rings. The Kier molecular flexibility index (Phi) is 3.57. The maximum absolute atomic E-state index is 3.80. The molecule has 0 spiro atoms. The van der Waals surface area contributed by atoms with Gasteiger partial charge in [0.15, 0.2) is 0 Å². The monoisotopic (exact) mass is 352 g/mol. The Hall–Kier alpha value is 0.0500. The van der Waals surface area contributed by atoms with Crippen LogP contribution in [0, 0.1) is 28.6 Å². The molecule has 110 valence electrons. The highest BCUT2D eigenvalue weighted by Gasteiger charge is 2.49. The minimum Gasteiger partial charge on any atom is -0.115 e. The summed E-state index contributed by atoms with van der Waals surface area (Å²) in [5.41, 5.74) is 2.32. The van der Waals surface area contributed by atoms with Crippen LogP contribution in [0.1, 0.15) is 41.0 Å². The molecule has 20 heavy (non-hydrogen) atoms. The zero-order valence-electron chi connectivity index (χ0n) is 13.1. The summed E-state index contributed by atoms with van der Waals surface area (Å²) >= 11 is 5.86. The second-order valence-electron chi connectivity index (χ2n) is 8.01. The Morgan fingerprint density at radius 1 is 1.15 bits per heavy atom. The highest BCUT2D eigenvalue weighted by atomic mass is 79.9. The lowest BCUT2D eigenvalue weighted by Gasteiger charge is -2.31. The van der Waals surface area contributed by atoms with Crippen molar-refractivity contribution >= 4 is 27.7 Å². The van der Waals surface area contributed by atoms with Crippen molar-refractivity contribution in [3.63, 3.8) is 0 Å². The summed E-state index contributed by atoms with van der Waals surface area (Å²) < 4.78 is 0.590. The Balaban J connectivity index is 1.98. The first-order chi connectivity index (χ1) is 9.21. The van der Waals surface area contributed by atoms with Crippen LogP contribution >= 0.6 is 27.7 Å². The van der Waals surface area contributed by atoms with Gasteiger partial charge >= 0.3 is 0 Å². The van der Waals surface area contributed by atoms with Crippen LogP contribution < -0.4 is 0 Å². The minimum atomic E-state index is 0.309. The fraction of sp³-hybridized carbons (Fsp3) is 0.667. The SMILES string of the molecule is CC(C)(C)C1C=CC2C3=C(CC(Br)S3)C(C)(C)C2C=C1. The number of allylic oxidation sites excluding steroid dienone is 6. The highest BCUT2D eigenvalue weighted by molar-refractivity contribution is 9.11. The van der Waals surface area contributed by atoms with Gasteiger partial charge in [0.05, 0.1) is 4.16 Å². The molecule has 1 aliphatic heterocycles. The molecule has 0 aromatic rings. The highest BCUT2D eigenvalue weighted by Crippen LogP contribution is 2.62. The third-order valence-corrected chi connectivity index (χ3v) is 7.35. The normalized spacial score (nSPS) is 38.9. The van der Waals surface area contributed by atoms with Gasteiger partial charge in [0.2, 0.25) is 0 Å². The first-order valence-corrected chi connectivity index (χ1v) is 9.41. The second kappa shape index (κ2) is 4.78. The van der Waals surface area contributed by atoms with Crippen LogP contribution in [0.25, 0.3) is 0 Å². The molecule has 4 atom stereocenters. The van der Waals surface area contributed by atoms with Crippen LogP contribution in [0.5, 0.6) is 0 Å². The van der Waals surface area contributed by atoms with Crippen molar-refractivity contribution in [1.29, 1.82) is 0 Å². The van der Waals surface area contributed by atoms with Gasteiger partial charge in [-0.2, -0.15) is 0 Å². The maximum Gasteiger partial charge on any atom is 0.0681 e. The number of fused-ring (bicyclic) bond motifs is 2. The topological polar surface area (TPSA) is 0 Å². The van der Waals surface area contributed by atoms with Gasteiger partial charge in [-0.25, -0.2) is 0 Å². The lowest BCUT2D eigenvalue weighted by atomic mass is 9.73. The third kappa shape index (κ3) is 2.27. The van der Waals surface area contributed by atoms with E-state index < -0.39 is 0 Å². The minimum absolute atomic E-state index is 0.309. The van der Waals surface area contributed by atoms with Crippen molar-refractivity contribution < 1.29 is 0 Å². The molecule has 0 saturated carbocycles. The molecule has 0 radical (unpaired) electrons. The van der Waals surface area contributed by atoms with Crippen molar-refractivity contribution in [3.05, 3.63) is 34.8 Å². The van der Waals surface area contributed by atoms with Crippen molar-refractivity contribution in [3.8, 4) is 0 Å². The summed E-state index contributed by atoms with van der Waals surface area (Å²) in [7, 11) is 0. The molecule has 0 N–H and O–H groups in total. The molecule has 0 bridgehead atoms. The van der Waals surface area contributed by atoms with Crippen molar-refractivity contribution in [2.45, 2.75) is 45.2 Å². The summed E-state index contributed by atoms with van der Waals surface area (Å²) in [5, 5.41) is 0. The molecule has 0 saturated heterocycles. The van der Waals surface area contributed by atoms with Gasteiger partial charge < -0.3 is 0 Å². The largest absolute Gasteiger partial charge is 0.115 e. The van der Waals surface area contributed by atoms with E-state index in [0.29, 0.717) is 32.7 Å². The fourth-order valence-electron chi connectivity index (χ4n) is 3.87. The molecular formula is C18H25BrS. The lowest BCUT2D eigenvalue weighted by Crippen LogP contribution is -2.24. The van der Waals surface area contributed by atoms with Crippen LogP contribution in [0.3, 0.4) is 0 Å².